The molecule has 2 atom stereocenters. The van der Waals surface area contributed by atoms with Crippen molar-refractivity contribution in [1.29, 1.82) is 0 Å². The standard InChI is InChI=1S/C26H29N5O6S3/c1-26(2,3)37-25(36)27-11-15-7-5-4-6-14(15)10-18(38)28-20-22(33)31-21(24(34)35)16(13-40-23(20)31)12-39-19-9-8-17(32)29-30-19/h4-9,20,23H,10-13H2,1-3H3,(H,27,36)(H,28,38)(H,29,32)(H,34,35)/t20?,23-/m1/s1. The second kappa shape index (κ2) is 12.4. The molecule has 2 aliphatic rings. The molecule has 0 saturated carbocycles. The van der Waals surface area contributed by atoms with Gasteiger partial charge in [-0.1, -0.05) is 36.5 Å². The average molecular weight is 604 g/mol. The van der Waals surface area contributed by atoms with Crippen LogP contribution in [0.15, 0.2) is 57.5 Å². The molecule has 4 N–H and O–H groups in total. The van der Waals surface area contributed by atoms with Crippen LogP contribution in [0.25, 0.3) is 0 Å². The zero-order valence-electron chi connectivity index (χ0n) is 22.1. The van der Waals surface area contributed by atoms with Crippen LogP contribution >= 0.6 is 35.7 Å². The topological polar surface area (TPSA) is 154 Å². The number of ether oxygens (including phenoxy) is 1. The molecule has 1 aromatic heterocycles. The van der Waals surface area contributed by atoms with Gasteiger partial charge in [-0.3, -0.25) is 14.5 Å². The molecule has 0 bridgehead atoms. The van der Waals surface area contributed by atoms with E-state index in [-0.39, 0.29) is 23.7 Å². The first-order valence-corrected chi connectivity index (χ1v) is 14.8. The van der Waals surface area contributed by atoms with Crippen molar-refractivity contribution in [2.24, 2.45) is 0 Å². The number of H-pyrrole nitrogens is 1. The Balaban J connectivity index is 1.37. The minimum atomic E-state index is -1.17. The molecule has 11 nitrogen and oxygen atoms in total. The highest BCUT2D eigenvalue weighted by Crippen LogP contribution is 2.41. The van der Waals surface area contributed by atoms with Crippen molar-refractivity contribution < 1.29 is 24.2 Å². The van der Waals surface area contributed by atoms with Crippen LogP contribution < -0.4 is 16.2 Å². The maximum absolute atomic E-state index is 13.1. The van der Waals surface area contributed by atoms with E-state index < -0.39 is 29.1 Å². The summed E-state index contributed by atoms with van der Waals surface area (Å²) in [6, 6.07) is 9.78. The number of carbonyl (C=O) groups is 3. The number of hydrogen-bond donors (Lipinski definition) is 4. The fraction of sp³-hybridized carbons (Fsp3) is 0.385. The summed E-state index contributed by atoms with van der Waals surface area (Å²) in [5.74, 6) is -0.789. The fourth-order valence-corrected chi connectivity index (χ4v) is 6.74. The van der Waals surface area contributed by atoms with Crippen molar-refractivity contribution in [3.05, 3.63) is 69.1 Å². The molecule has 1 fully saturated rings. The molecule has 1 unspecified atom stereocenters. The van der Waals surface area contributed by atoms with Crippen LogP contribution in [-0.2, 0) is 27.3 Å². The lowest BCUT2D eigenvalue weighted by atomic mass is 10.0. The van der Waals surface area contributed by atoms with E-state index in [0.29, 0.717) is 33.5 Å². The van der Waals surface area contributed by atoms with Crippen LogP contribution in [0.2, 0.25) is 0 Å². The number of thioether (sulfide) groups is 2. The maximum Gasteiger partial charge on any atom is 0.407 e. The zero-order chi connectivity index (χ0) is 29.0. The minimum Gasteiger partial charge on any atom is -0.477 e. The largest absolute Gasteiger partial charge is 0.477 e. The van der Waals surface area contributed by atoms with Crippen LogP contribution in [0, 0.1) is 0 Å². The quantitative estimate of drug-likeness (QED) is 0.190. The molecule has 14 heteroatoms. The Morgan fingerprint density at radius 3 is 2.60 bits per heavy atom. The van der Waals surface area contributed by atoms with Gasteiger partial charge in [0.2, 0.25) is 0 Å². The molecule has 0 radical (unpaired) electrons. The molecule has 0 aliphatic carbocycles. The number of alkyl carbamates (subject to hydrolysis) is 1. The summed E-state index contributed by atoms with van der Waals surface area (Å²) in [6.07, 6.45) is -0.175. The zero-order valence-corrected chi connectivity index (χ0v) is 24.5. The number of hydrogen-bond acceptors (Lipinski definition) is 9. The van der Waals surface area contributed by atoms with E-state index in [1.807, 2.05) is 24.3 Å². The number of carboxylic acids is 1. The van der Waals surface area contributed by atoms with Crippen molar-refractivity contribution in [2.75, 3.05) is 11.5 Å². The first-order chi connectivity index (χ1) is 18.9. The smallest absolute Gasteiger partial charge is 0.407 e. The van der Waals surface area contributed by atoms with Crippen molar-refractivity contribution >= 4 is 58.7 Å². The van der Waals surface area contributed by atoms with Crippen molar-refractivity contribution in [1.82, 2.24) is 25.7 Å². The summed E-state index contributed by atoms with van der Waals surface area (Å²) in [6.45, 7) is 5.63. The molecule has 40 heavy (non-hydrogen) atoms. The summed E-state index contributed by atoms with van der Waals surface area (Å²) in [5, 5.41) is 22.2. The van der Waals surface area contributed by atoms with Gasteiger partial charge in [-0.15, -0.1) is 23.5 Å². The third kappa shape index (κ3) is 7.23. The summed E-state index contributed by atoms with van der Waals surface area (Å²) in [5.41, 5.74) is 1.40. The van der Waals surface area contributed by atoms with Crippen LogP contribution in [-0.4, -0.2) is 71.7 Å². The van der Waals surface area contributed by atoms with Crippen LogP contribution in [0.4, 0.5) is 4.79 Å². The summed E-state index contributed by atoms with van der Waals surface area (Å²) in [4.78, 5) is 50.3. The molecule has 0 spiro atoms. The highest BCUT2D eigenvalue weighted by atomic mass is 32.2. The maximum atomic E-state index is 13.1. The Kier molecular flexibility index (Phi) is 9.21. The second-order valence-electron chi connectivity index (χ2n) is 10.1. The minimum absolute atomic E-state index is 0.0202. The van der Waals surface area contributed by atoms with E-state index in [2.05, 4.69) is 20.8 Å². The Labute approximate surface area is 244 Å². The molecular formula is C26H29N5O6S3. The number of carbonyl (C=O) groups excluding carboxylic acids is 2. The Morgan fingerprint density at radius 2 is 1.95 bits per heavy atom. The Morgan fingerprint density at radius 1 is 1.23 bits per heavy atom. The monoisotopic (exact) mass is 603 g/mol. The molecule has 1 saturated heterocycles. The number of thiocarbonyl (C=S) groups is 1. The first kappa shape index (κ1) is 29.6. The number of nitrogens with one attached hydrogen (secondary N) is 3. The van der Waals surface area contributed by atoms with Crippen LogP contribution in [0.1, 0.15) is 31.9 Å². The van der Waals surface area contributed by atoms with Gasteiger partial charge in [0.1, 0.15) is 27.7 Å². The first-order valence-electron chi connectivity index (χ1n) is 12.3. The van der Waals surface area contributed by atoms with E-state index in [9.17, 15) is 24.3 Å². The molecule has 2 aliphatic heterocycles. The number of aromatic nitrogens is 2. The van der Waals surface area contributed by atoms with E-state index in [1.54, 1.807) is 26.8 Å². The van der Waals surface area contributed by atoms with Gasteiger partial charge < -0.3 is 20.5 Å². The lowest BCUT2D eigenvalue weighted by Gasteiger charge is -2.49. The lowest BCUT2D eigenvalue weighted by Crippen LogP contribution is -2.70. The molecule has 2 aromatic rings. The third-order valence-corrected chi connectivity index (χ3v) is 8.52. The number of rotatable bonds is 9. The number of benzene rings is 1. The number of β-lactam (4-membered cyclic amide) rings is 1. The molecule has 212 valence electrons. The van der Waals surface area contributed by atoms with Gasteiger partial charge in [0, 0.05) is 30.5 Å². The number of fused-ring (bicyclic) bond motifs is 1. The lowest BCUT2D eigenvalue weighted by molar-refractivity contribution is -0.148. The summed E-state index contributed by atoms with van der Waals surface area (Å²) >= 11 is 8.32. The predicted molar refractivity (Wildman–Crippen MR) is 156 cm³/mol. The van der Waals surface area contributed by atoms with Crippen LogP contribution in [0.5, 0.6) is 0 Å². The molecular weight excluding hydrogens is 575 g/mol. The van der Waals surface area contributed by atoms with E-state index in [1.165, 1.54) is 34.5 Å². The Bertz CT molecular complexity index is 1400. The van der Waals surface area contributed by atoms with Gasteiger partial charge in [0.05, 0.1) is 4.99 Å². The number of aromatic amines is 1. The fourth-order valence-electron chi connectivity index (χ4n) is 4.15. The summed E-state index contributed by atoms with van der Waals surface area (Å²) < 4.78 is 5.30. The second-order valence-corrected chi connectivity index (χ2v) is 12.7. The highest BCUT2D eigenvalue weighted by Gasteiger charge is 2.53. The molecule has 1 aromatic carbocycles. The van der Waals surface area contributed by atoms with Gasteiger partial charge in [-0.2, -0.15) is 5.10 Å². The van der Waals surface area contributed by atoms with Gasteiger partial charge in [-0.25, -0.2) is 14.7 Å². The predicted octanol–water partition coefficient (Wildman–Crippen LogP) is 2.67. The van der Waals surface area contributed by atoms with Gasteiger partial charge >= 0.3 is 12.1 Å². The van der Waals surface area contributed by atoms with E-state index in [4.69, 9.17) is 17.0 Å². The Hall–Kier alpha value is -3.36. The van der Waals surface area contributed by atoms with Crippen molar-refractivity contribution in [3.63, 3.8) is 0 Å². The number of aliphatic carboxylic acids is 1. The SMILES string of the molecule is CC(C)(C)OC(=O)NCc1ccccc1CC(=S)NC1C(=O)N2C(C(=O)O)=C(CSc3ccc(=O)[nH]n3)CS[C@H]12. The normalized spacial score (nSPS) is 18.5. The number of carboxylic acid groups (broad SMARTS) is 1. The average Bonchev–Trinajstić information content (AvgIpc) is 2.89. The molecule has 4 rings (SSSR count). The summed E-state index contributed by atoms with van der Waals surface area (Å²) in [7, 11) is 0. The number of amides is 2. The van der Waals surface area contributed by atoms with E-state index in [0.717, 1.165) is 11.1 Å². The van der Waals surface area contributed by atoms with Gasteiger partial charge in [0.25, 0.3) is 11.5 Å². The highest BCUT2D eigenvalue weighted by molar-refractivity contribution is 8.01. The van der Waals surface area contributed by atoms with Crippen molar-refractivity contribution in [2.45, 2.75) is 55.8 Å². The van der Waals surface area contributed by atoms with Crippen LogP contribution in [0.3, 0.4) is 0 Å². The van der Waals surface area contributed by atoms with E-state index >= 15 is 0 Å². The van der Waals surface area contributed by atoms with Gasteiger partial charge in [-0.05, 0) is 43.5 Å². The molecule has 2 amide bonds. The van der Waals surface area contributed by atoms with Crippen molar-refractivity contribution in [3.8, 4) is 0 Å². The van der Waals surface area contributed by atoms with Gasteiger partial charge in [0.15, 0.2) is 0 Å². The molecule has 3 heterocycles. The number of nitrogens with zero attached hydrogens (tertiary/aromatic N) is 2. The third-order valence-electron chi connectivity index (χ3n) is 5.91.